The van der Waals surface area contributed by atoms with Crippen LogP contribution >= 0.6 is 0 Å². The standard InChI is InChI=1S/C18H32N2O/c1-4-11-19-17(15-16-10-9-14-21-16)18(5-2,6-3)20-12-7-8-13-20/h9-10,14,17,19H,4-8,11-13,15H2,1-3H3. The molecule has 1 aliphatic heterocycles. The molecule has 2 heterocycles. The SMILES string of the molecule is CCCNC(Cc1ccco1)C(CC)(CC)N1CCCC1. The topological polar surface area (TPSA) is 28.4 Å². The van der Waals surface area contributed by atoms with E-state index in [1.807, 2.05) is 6.07 Å². The number of rotatable bonds is 9. The van der Waals surface area contributed by atoms with E-state index in [2.05, 4.69) is 37.1 Å². The molecular weight excluding hydrogens is 260 g/mol. The van der Waals surface area contributed by atoms with Gasteiger partial charge in [0.25, 0.3) is 0 Å². The van der Waals surface area contributed by atoms with Crippen LogP contribution in [0, 0.1) is 0 Å². The van der Waals surface area contributed by atoms with Crippen LogP contribution in [0.25, 0.3) is 0 Å². The largest absolute Gasteiger partial charge is 0.469 e. The highest BCUT2D eigenvalue weighted by molar-refractivity contribution is 5.08. The fourth-order valence-electron chi connectivity index (χ4n) is 3.97. The van der Waals surface area contributed by atoms with E-state index in [-0.39, 0.29) is 5.54 Å². The van der Waals surface area contributed by atoms with Crippen LogP contribution < -0.4 is 5.32 Å². The molecule has 1 unspecified atom stereocenters. The molecule has 120 valence electrons. The summed E-state index contributed by atoms with van der Waals surface area (Å²) >= 11 is 0. The van der Waals surface area contributed by atoms with Gasteiger partial charge in [-0.25, -0.2) is 0 Å². The molecule has 0 radical (unpaired) electrons. The van der Waals surface area contributed by atoms with E-state index in [0.717, 1.165) is 18.7 Å². The van der Waals surface area contributed by atoms with E-state index in [0.29, 0.717) is 6.04 Å². The van der Waals surface area contributed by atoms with E-state index >= 15 is 0 Å². The zero-order valence-electron chi connectivity index (χ0n) is 14.0. The van der Waals surface area contributed by atoms with E-state index < -0.39 is 0 Å². The van der Waals surface area contributed by atoms with Gasteiger partial charge >= 0.3 is 0 Å². The quantitative estimate of drug-likeness (QED) is 0.749. The molecule has 0 saturated carbocycles. The first-order valence-electron chi connectivity index (χ1n) is 8.77. The van der Waals surface area contributed by atoms with E-state index in [1.165, 1.54) is 45.2 Å². The average Bonchev–Trinajstić information content (AvgIpc) is 3.20. The van der Waals surface area contributed by atoms with Gasteiger partial charge in [-0.1, -0.05) is 20.8 Å². The van der Waals surface area contributed by atoms with Gasteiger partial charge in [0.1, 0.15) is 5.76 Å². The van der Waals surface area contributed by atoms with Crippen LogP contribution in [0.1, 0.15) is 58.6 Å². The van der Waals surface area contributed by atoms with Crippen LogP contribution in [-0.4, -0.2) is 36.1 Å². The third-order valence-electron chi connectivity index (χ3n) is 5.24. The van der Waals surface area contributed by atoms with E-state index in [9.17, 15) is 0 Å². The second-order valence-electron chi connectivity index (χ2n) is 6.30. The maximum Gasteiger partial charge on any atom is 0.105 e. The minimum Gasteiger partial charge on any atom is -0.469 e. The summed E-state index contributed by atoms with van der Waals surface area (Å²) in [7, 11) is 0. The molecule has 1 aliphatic rings. The lowest BCUT2D eigenvalue weighted by Gasteiger charge is -2.47. The smallest absolute Gasteiger partial charge is 0.105 e. The van der Waals surface area contributed by atoms with Crippen molar-refractivity contribution < 1.29 is 4.42 Å². The number of hydrogen-bond acceptors (Lipinski definition) is 3. The predicted octanol–water partition coefficient (Wildman–Crippen LogP) is 3.84. The molecular formula is C18H32N2O. The second-order valence-corrected chi connectivity index (χ2v) is 6.30. The minimum atomic E-state index is 0.262. The molecule has 1 aromatic rings. The summed E-state index contributed by atoms with van der Waals surface area (Å²) in [5.41, 5.74) is 0.262. The van der Waals surface area contributed by atoms with Crippen LogP contribution in [0.2, 0.25) is 0 Å². The van der Waals surface area contributed by atoms with Gasteiger partial charge in [0, 0.05) is 18.0 Å². The van der Waals surface area contributed by atoms with Gasteiger partial charge in [-0.05, 0) is 63.9 Å². The Morgan fingerprint density at radius 3 is 2.48 bits per heavy atom. The van der Waals surface area contributed by atoms with Gasteiger partial charge in [0.15, 0.2) is 0 Å². The molecule has 1 atom stereocenters. The Morgan fingerprint density at radius 1 is 1.24 bits per heavy atom. The number of hydrogen-bond donors (Lipinski definition) is 1. The summed E-state index contributed by atoms with van der Waals surface area (Å²) in [5, 5.41) is 3.83. The zero-order chi connectivity index (χ0) is 15.1. The van der Waals surface area contributed by atoms with Crippen molar-refractivity contribution in [2.75, 3.05) is 19.6 Å². The summed E-state index contributed by atoms with van der Waals surface area (Å²) in [4.78, 5) is 2.74. The molecule has 1 saturated heterocycles. The maximum atomic E-state index is 5.63. The molecule has 1 fully saturated rings. The number of furan rings is 1. The van der Waals surface area contributed by atoms with Crippen molar-refractivity contribution >= 4 is 0 Å². The fraction of sp³-hybridized carbons (Fsp3) is 0.778. The van der Waals surface area contributed by atoms with Crippen molar-refractivity contribution in [2.24, 2.45) is 0 Å². The van der Waals surface area contributed by atoms with E-state index in [1.54, 1.807) is 6.26 Å². The summed E-state index contributed by atoms with van der Waals surface area (Å²) < 4.78 is 5.63. The predicted molar refractivity (Wildman–Crippen MR) is 88.6 cm³/mol. The van der Waals surface area contributed by atoms with Crippen LogP contribution in [0.4, 0.5) is 0 Å². The molecule has 3 heteroatoms. The first-order valence-corrected chi connectivity index (χ1v) is 8.77. The Balaban J connectivity index is 2.20. The van der Waals surface area contributed by atoms with Gasteiger partial charge in [-0.15, -0.1) is 0 Å². The highest BCUT2D eigenvalue weighted by atomic mass is 16.3. The molecule has 1 N–H and O–H groups in total. The zero-order valence-corrected chi connectivity index (χ0v) is 14.0. The summed E-state index contributed by atoms with van der Waals surface area (Å²) in [5.74, 6) is 1.11. The molecule has 1 aromatic heterocycles. The van der Waals surface area contributed by atoms with Gasteiger partial charge in [0.2, 0.25) is 0 Å². The molecule has 0 aliphatic carbocycles. The Labute approximate surface area is 130 Å². The van der Waals surface area contributed by atoms with Crippen molar-refractivity contribution in [3.05, 3.63) is 24.2 Å². The number of nitrogens with one attached hydrogen (secondary N) is 1. The third-order valence-corrected chi connectivity index (χ3v) is 5.24. The summed E-state index contributed by atoms with van der Waals surface area (Å²) in [6, 6.07) is 4.58. The molecule has 21 heavy (non-hydrogen) atoms. The Bertz CT molecular complexity index is 378. The van der Waals surface area contributed by atoms with Crippen LogP contribution in [0.5, 0.6) is 0 Å². The number of likely N-dealkylation sites (tertiary alicyclic amines) is 1. The fourth-order valence-corrected chi connectivity index (χ4v) is 3.97. The normalized spacial score (nSPS) is 18.2. The monoisotopic (exact) mass is 292 g/mol. The summed E-state index contributed by atoms with van der Waals surface area (Å²) in [6.45, 7) is 10.5. The van der Waals surface area contributed by atoms with Crippen LogP contribution in [-0.2, 0) is 6.42 Å². The lowest BCUT2D eigenvalue weighted by molar-refractivity contribution is 0.0601. The lowest BCUT2D eigenvalue weighted by atomic mass is 9.80. The first kappa shape index (κ1) is 16.6. The van der Waals surface area contributed by atoms with Gasteiger partial charge in [-0.2, -0.15) is 0 Å². The molecule has 0 spiro atoms. The van der Waals surface area contributed by atoms with Crippen molar-refractivity contribution in [1.82, 2.24) is 10.2 Å². The summed E-state index contributed by atoms with van der Waals surface area (Å²) in [6.07, 6.45) is 9.06. The molecule has 0 amide bonds. The third kappa shape index (κ3) is 3.70. The van der Waals surface area contributed by atoms with Gasteiger partial charge in [0.05, 0.1) is 6.26 Å². The minimum absolute atomic E-state index is 0.262. The van der Waals surface area contributed by atoms with Crippen LogP contribution in [0.15, 0.2) is 22.8 Å². The van der Waals surface area contributed by atoms with Gasteiger partial charge < -0.3 is 9.73 Å². The van der Waals surface area contributed by atoms with Crippen molar-refractivity contribution in [3.63, 3.8) is 0 Å². The second kappa shape index (κ2) is 8.00. The van der Waals surface area contributed by atoms with Crippen LogP contribution in [0.3, 0.4) is 0 Å². The molecule has 0 bridgehead atoms. The molecule has 2 rings (SSSR count). The lowest BCUT2D eigenvalue weighted by Crippen LogP contribution is -2.61. The van der Waals surface area contributed by atoms with Crippen molar-refractivity contribution in [1.29, 1.82) is 0 Å². The Hall–Kier alpha value is -0.800. The Morgan fingerprint density at radius 2 is 1.95 bits per heavy atom. The highest BCUT2D eigenvalue weighted by Gasteiger charge is 2.41. The van der Waals surface area contributed by atoms with E-state index in [4.69, 9.17) is 4.42 Å². The molecule has 3 nitrogen and oxygen atoms in total. The number of nitrogens with zero attached hydrogens (tertiary/aromatic N) is 1. The Kier molecular flexibility index (Phi) is 6.31. The first-order chi connectivity index (χ1) is 10.3. The average molecular weight is 292 g/mol. The van der Waals surface area contributed by atoms with Gasteiger partial charge in [-0.3, -0.25) is 4.90 Å². The van der Waals surface area contributed by atoms with Crippen molar-refractivity contribution in [3.8, 4) is 0 Å². The highest BCUT2D eigenvalue weighted by Crippen LogP contribution is 2.33. The van der Waals surface area contributed by atoms with Crippen molar-refractivity contribution in [2.45, 2.75) is 70.9 Å². The molecule has 0 aromatic carbocycles. The maximum absolute atomic E-state index is 5.63.